The first-order valence-electron chi connectivity index (χ1n) is 8.26. The van der Waals surface area contributed by atoms with Crippen LogP contribution in [0.4, 0.5) is 10.1 Å². The van der Waals surface area contributed by atoms with Gasteiger partial charge in [-0.3, -0.25) is 4.79 Å². The van der Waals surface area contributed by atoms with E-state index in [4.69, 9.17) is 11.5 Å². The number of sulfonamides is 1. The number of hydrogen-bond acceptors (Lipinski definition) is 4. The summed E-state index contributed by atoms with van der Waals surface area (Å²) in [6.07, 6.45) is 0. The lowest BCUT2D eigenvalue weighted by atomic mass is 9.94. The summed E-state index contributed by atoms with van der Waals surface area (Å²) in [5.74, 6) is -1.08. The molecule has 0 heterocycles. The number of benzene rings is 3. The zero-order chi connectivity index (χ0) is 20.5. The molecule has 1 amide bonds. The number of anilines is 1. The molecule has 0 atom stereocenters. The van der Waals surface area contributed by atoms with Crippen LogP contribution in [0.15, 0.2) is 65.6 Å². The van der Waals surface area contributed by atoms with Gasteiger partial charge in [0.2, 0.25) is 10.0 Å². The summed E-state index contributed by atoms with van der Waals surface area (Å²) in [6.45, 7) is 0. The van der Waals surface area contributed by atoms with Crippen LogP contribution in [-0.4, -0.2) is 21.4 Å². The standard InChI is InChI=1S/C20H18FN3O3S/c1-24-28(26,27)16-8-4-13(5-9-16)17-10-14(11-18(19(17)22)20(23)25)12-2-6-15(21)7-3-12/h2-11,24H,22H2,1H3,(H2,23,25). The highest BCUT2D eigenvalue weighted by atomic mass is 32.2. The molecule has 3 aromatic carbocycles. The zero-order valence-corrected chi connectivity index (χ0v) is 15.8. The highest BCUT2D eigenvalue weighted by molar-refractivity contribution is 7.89. The lowest BCUT2D eigenvalue weighted by Crippen LogP contribution is -2.18. The van der Waals surface area contributed by atoms with Crippen LogP contribution in [0.3, 0.4) is 0 Å². The molecule has 0 bridgehead atoms. The van der Waals surface area contributed by atoms with Gasteiger partial charge in [0, 0.05) is 5.56 Å². The number of carbonyl (C=O) groups excluding carboxylic acids is 1. The fourth-order valence-electron chi connectivity index (χ4n) is 2.84. The van der Waals surface area contributed by atoms with E-state index in [0.29, 0.717) is 22.3 Å². The maximum absolute atomic E-state index is 13.2. The fourth-order valence-corrected chi connectivity index (χ4v) is 3.57. The summed E-state index contributed by atoms with van der Waals surface area (Å²) in [7, 11) is -2.25. The van der Waals surface area contributed by atoms with Crippen molar-refractivity contribution in [1.82, 2.24) is 4.72 Å². The van der Waals surface area contributed by atoms with Crippen molar-refractivity contribution in [2.75, 3.05) is 12.8 Å². The maximum Gasteiger partial charge on any atom is 0.250 e. The Hall–Kier alpha value is -3.23. The second-order valence-corrected chi connectivity index (χ2v) is 7.97. The van der Waals surface area contributed by atoms with Gasteiger partial charge in [-0.25, -0.2) is 17.5 Å². The van der Waals surface area contributed by atoms with Crippen LogP contribution >= 0.6 is 0 Å². The van der Waals surface area contributed by atoms with Crippen molar-refractivity contribution in [2.24, 2.45) is 5.73 Å². The van der Waals surface area contributed by atoms with Crippen molar-refractivity contribution in [3.63, 3.8) is 0 Å². The topological polar surface area (TPSA) is 115 Å². The zero-order valence-electron chi connectivity index (χ0n) is 14.9. The van der Waals surface area contributed by atoms with Crippen LogP contribution < -0.4 is 16.2 Å². The van der Waals surface area contributed by atoms with E-state index in [1.54, 1.807) is 36.4 Å². The van der Waals surface area contributed by atoms with E-state index in [2.05, 4.69) is 4.72 Å². The molecule has 144 valence electrons. The molecule has 3 rings (SSSR count). The lowest BCUT2D eigenvalue weighted by Gasteiger charge is -2.14. The number of carbonyl (C=O) groups is 1. The van der Waals surface area contributed by atoms with Crippen molar-refractivity contribution in [2.45, 2.75) is 4.90 Å². The molecule has 0 aliphatic heterocycles. The van der Waals surface area contributed by atoms with Crippen LogP contribution in [0.25, 0.3) is 22.3 Å². The van der Waals surface area contributed by atoms with Crippen molar-refractivity contribution < 1.29 is 17.6 Å². The fraction of sp³-hybridized carbons (Fsp3) is 0.0500. The number of rotatable bonds is 5. The van der Waals surface area contributed by atoms with Gasteiger partial charge in [-0.15, -0.1) is 0 Å². The average Bonchev–Trinajstić information content (AvgIpc) is 2.69. The number of primary amides is 1. The molecule has 28 heavy (non-hydrogen) atoms. The van der Waals surface area contributed by atoms with Crippen molar-refractivity contribution >= 4 is 21.6 Å². The molecule has 0 fully saturated rings. The van der Waals surface area contributed by atoms with E-state index in [-0.39, 0.29) is 22.0 Å². The van der Waals surface area contributed by atoms with Crippen LogP contribution in [0.1, 0.15) is 10.4 Å². The smallest absolute Gasteiger partial charge is 0.250 e. The SMILES string of the molecule is CNS(=O)(=O)c1ccc(-c2cc(-c3ccc(F)cc3)cc(C(N)=O)c2N)cc1. The third-order valence-electron chi connectivity index (χ3n) is 4.37. The van der Waals surface area contributed by atoms with Crippen LogP contribution in [0.5, 0.6) is 0 Å². The number of halogens is 1. The first-order chi connectivity index (χ1) is 13.2. The van der Waals surface area contributed by atoms with Gasteiger partial charge >= 0.3 is 0 Å². The van der Waals surface area contributed by atoms with Crippen LogP contribution in [-0.2, 0) is 10.0 Å². The summed E-state index contributed by atoms with van der Waals surface area (Å²) in [5, 5.41) is 0. The molecule has 0 spiro atoms. The Morgan fingerprint density at radius 1 is 0.929 bits per heavy atom. The Labute approximate surface area is 162 Å². The van der Waals surface area contributed by atoms with Crippen LogP contribution in [0, 0.1) is 5.82 Å². The van der Waals surface area contributed by atoms with E-state index >= 15 is 0 Å². The normalized spacial score (nSPS) is 11.4. The molecule has 0 radical (unpaired) electrons. The Bertz CT molecular complexity index is 1140. The Kier molecular flexibility index (Phi) is 5.17. The van der Waals surface area contributed by atoms with E-state index in [1.165, 1.54) is 31.3 Å². The number of nitrogens with two attached hydrogens (primary N) is 2. The Balaban J connectivity index is 2.17. The number of nitrogens with one attached hydrogen (secondary N) is 1. The third kappa shape index (κ3) is 3.73. The van der Waals surface area contributed by atoms with E-state index in [0.717, 1.165) is 0 Å². The Morgan fingerprint density at radius 3 is 2.04 bits per heavy atom. The summed E-state index contributed by atoms with van der Waals surface area (Å²) < 4.78 is 39.3. The van der Waals surface area contributed by atoms with Crippen molar-refractivity contribution in [3.05, 3.63) is 72.0 Å². The molecular weight excluding hydrogens is 381 g/mol. The number of hydrogen-bond donors (Lipinski definition) is 3. The monoisotopic (exact) mass is 399 g/mol. The number of amides is 1. The summed E-state index contributed by atoms with van der Waals surface area (Å²) in [5.41, 5.74) is 14.4. The van der Waals surface area contributed by atoms with Gasteiger partial charge in [0.1, 0.15) is 5.82 Å². The first kappa shape index (κ1) is 19.5. The molecule has 0 aliphatic carbocycles. The molecule has 0 aromatic heterocycles. The van der Waals surface area contributed by atoms with Gasteiger partial charge in [-0.05, 0) is 60.1 Å². The average molecular weight is 399 g/mol. The molecule has 0 saturated carbocycles. The highest BCUT2D eigenvalue weighted by Gasteiger charge is 2.16. The molecule has 5 N–H and O–H groups in total. The summed E-state index contributed by atoms with van der Waals surface area (Å²) >= 11 is 0. The minimum Gasteiger partial charge on any atom is -0.398 e. The molecule has 0 unspecified atom stereocenters. The predicted octanol–water partition coefficient (Wildman–Crippen LogP) is 2.75. The molecule has 6 nitrogen and oxygen atoms in total. The van der Waals surface area contributed by atoms with Crippen molar-refractivity contribution in [1.29, 1.82) is 0 Å². The second kappa shape index (κ2) is 7.41. The molecule has 0 saturated heterocycles. The van der Waals surface area contributed by atoms with Gasteiger partial charge < -0.3 is 11.5 Å². The van der Waals surface area contributed by atoms with Gasteiger partial charge in [0.15, 0.2) is 0 Å². The molecule has 8 heteroatoms. The van der Waals surface area contributed by atoms with Crippen LogP contribution in [0.2, 0.25) is 0 Å². The predicted molar refractivity (Wildman–Crippen MR) is 106 cm³/mol. The van der Waals surface area contributed by atoms with Gasteiger partial charge in [0.05, 0.1) is 16.1 Å². The lowest BCUT2D eigenvalue weighted by molar-refractivity contribution is 0.100. The number of nitrogen functional groups attached to an aromatic ring is 1. The largest absolute Gasteiger partial charge is 0.398 e. The summed E-state index contributed by atoms with van der Waals surface area (Å²) in [4.78, 5) is 12.0. The van der Waals surface area contributed by atoms with E-state index in [9.17, 15) is 17.6 Å². The summed E-state index contributed by atoms with van der Waals surface area (Å²) in [6, 6.07) is 15.1. The van der Waals surface area contributed by atoms with Gasteiger partial charge in [-0.1, -0.05) is 24.3 Å². The highest BCUT2D eigenvalue weighted by Crippen LogP contribution is 2.34. The molecule has 0 aliphatic rings. The minimum absolute atomic E-state index is 0.0992. The molecule has 3 aromatic rings. The second-order valence-electron chi connectivity index (χ2n) is 6.09. The first-order valence-corrected chi connectivity index (χ1v) is 9.74. The quantitative estimate of drug-likeness (QED) is 0.572. The molecular formula is C20H18FN3O3S. The van der Waals surface area contributed by atoms with Crippen molar-refractivity contribution in [3.8, 4) is 22.3 Å². The maximum atomic E-state index is 13.2. The van der Waals surface area contributed by atoms with Gasteiger partial charge in [0.25, 0.3) is 5.91 Å². The minimum atomic E-state index is -3.57. The van der Waals surface area contributed by atoms with E-state index in [1.807, 2.05) is 0 Å². The Morgan fingerprint density at radius 2 is 1.50 bits per heavy atom. The van der Waals surface area contributed by atoms with Gasteiger partial charge in [-0.2, -0.15) is 0 Å². The third-order valence-corrected chi connectivity index (χ3v) is 5.80. The van der Waals surface area contributed by atoms with E-state index < -0.39 is 15.9 Å².